The molecule has 1 rings (SSSR count). The average molecular weight is 254 g/mol. The normalized spacial score (nSPS) is 12.3. The van der Waals surface area contributed by atoms with E-state index >= 15 is 0 Å². The van der Waals surface area contributed by atoms with E-state index in [1.165, 1.54) is 0 Å². The Kier molecular flexibility index (Phi) is 5.75. The zero-order chi connectivity index (χ0) is 13.6. The second-order valence-corrected chi connectivity index (χ2v) is 5.54. The maximum atomic E-state index is 5.79. The minimum atomic E-state index is 0.114. The van der Waals surface area contributed by atoms with Crippen molar-refractivity contribution in [2.45, 2.75) is 47.1 Å². The molecule has 1 aromatic rings. The van der Waals surface area contributed by atoms with Crippen LogP contribution >= 0.6 is 0 Å². The van der Waals surface area contributed by atoms with E-state index in [0.717, 1.165) is 31.8 Å². The van der Waals surface area contributed by atoms with Crippen LogP contribution in [0.5, 0.6) is 0 Å². The molecule has 0 aliphatic heterocycles. The lowest BCUT2D eigenvalue weighted by Gasteiger charge is -2.30. The maximum Gasteiger partial charge on any atom is 0.240 e. The summed E-state index contributed by atoms with van der Waals surface area (Å²) in [7, 11) is 0. The van der Waals surface area contributed by atoms with Crippen molar-refractivity contribution in [3.05, 3.63) is 11.7 Å². The number of aryl methyl sites for hydroxylation is 1. The minimum absolute atomic E-state index is 0.114. The summed E-state index contributed by atoms with van der Waals surface area (Å²) in [6, 6.07) is 0. The van der Waals surface area contributed by atoms with E-state index in [9.17, 15) is 0 Å². The predicted octanol–water partition coefficient (Wildman–Crippen LogP) is 1.83. The van der Waals surface area contributed by atoms with Gasteiger partial charge in [-0.25, -0.2) is 0 Å². The van der Waals surface area contributed by atoms with E-state index in [1.54, 1.807) is 0 Å². The Hall–Kier alpha value is -0.940. The van der Waals surface area contributed by atoms with Gasteiger partial charge in [-0.15, -0.1) is 0 Å². The number of nitrogens with zero attached hydrogens (tertiary/aromatic N) is 3. The summed E-state index contributed by atoms with van der Waals surface area (Å²) in [5.41, 5.74) is 5.91. The highest BCUT2D eigenvalue weighted by molar-refractivity contribution is 4.86. The van der Waals surface area contributed by atoms with Crippen molar-refractivity contribution in [3.63, 3.8) is 0 Å². The average Bonchev–Trinajstić information content (AvgIpc) is 2.76. The lowest BCUT2D eigenvalue weighted by atomic mass is 9.93. The summed E-state index contributed by atoms with van der Waals surface area (Å²) in [5.74, 6) is 1.48. The van der Waals surface area contributed by atoms with Gasteiger partial charge in [-0.3, -0.25) is 4.90 Å². The molecule has 5 nitrogen and oxygen atoms in total. The van der Waals surface area contributed by atoms with E-state index in [0.29, 0.717) is 19.0 Å². The van der Waals surface area contributed by atoms with Gasteiger partial charge in [0.15, 0.2) is 5.82 Å². The molecule has 0 fully saturated rings. The molecule has 0 saturated carbocycles. The first-order valence-corrected chi connectivity index (χ1v) is 6.74. The third kappa shape index (κ3) is 4.74. The number of hydrogen-bond donors (Lipinski definition) is 1. The zero-order valence-corrected chi connectivity index (χ0v) is 12.1. The highest BCUT2D eigenvalue weighted by atomic mass is 16.5. The lowest BCUT2D eigenvalue weighted by Crippen LogP contribution is -2.38. The summed E-state index contributed by atoms with van der Waals surface area (Å²) >= 11 is 0. The van der Waals surface area contributed by atoms with Crippen molar-refractivity contribution in [1.29, 1.82) is 0 Å². The smallest absolute Gasteiger partial charge is 0.240 e. The van der Waals surface area contributed by atoms with Crippen LogP contribution in [0.4, 0.5) is 0 Å². The topological polar surface area (TPSA) is 68.2 Å². The Morgan fingerprint density at radius 1 is 1.33 bits per heavy atom. The molecule has 1 heterocycles. The fourth-order valence-corrected chi connectivity index (χ4v) is 1.89. The summed E-state index contributed by atoms with van der Waals surface area (Å²) in [6.07, 6.45) is 1.92. The number of aromatic nitrogens is 2. The van der Waals surface area contributed by atoms with Gasteiger partial charge in [-0.05, 0) is 24.9 Å². The first-order chi connectivity index (χ1) is 8.50. The Bertz CT molecular complexity index is 349. The molecule has 0 saturated heterocycles. The van der Waals surface area contributed by atoms with Crippen molar-refractivity contribution >= 4 is 0 Å². The van der Waals surface area contributed by atoms with Crippen molar-refractivity contribution in [2.24, 2.45) is 11.1 Å². The van der Waals surface area contributed by atoms with Crippen LogP contribution in [0, 0.1) is 5.41 Å². The van der Waals surface area contributed by atoms with Gasteiger partial charge in [0.1, 0.15) is 0 Å². The molecular weight excluding hydrogens is 228 g/mol. The zero-order valence-electron chi connectivity index (χ0n) is 12.1. The number of rotatable bonds is 8. The molecule has 0 aliphatic rings. The Labute approximate surface area is 110 Å². The maximum absolute atomic E-state index is 5.79. The van der Waals surface area contributed by atoms with E-state index in [1.807, 2.05) is 6.92 Å². The lowest BCUT2D eigenvalue weighted by molar-refractivity contribution is 0.158. The van der Waals surface area contributed by atoms with Gasteiger partial charge >= 0.3 is 0 Å². The quantitative estimate of drug-likeness (QED) is 0.766. The highest BCUT2D eigenvalue weighted by Gasteiger charge is 2.21. The Morgan fingerprint density at radius 2 is 2.06 bits per heavy atom. The van der Waals surface area contributed by atoms with Gasteiger partial charge in [-0.1, -0.05) is 32.9 Å². The second kappa shape index (κ2) is 6.85. The summed E-state index contributed by atoms with van der Waals surface area (Å²) in [5, 5.41) is 3.93. The third-order valence-electron chi connectivity index (χ3n) is 2.93. The van der Waals surface area contributed by atoms with Gasteiger partial charge in [0.25, 0.3) is 0 Å². The molecule has 0 unspecified atom stereocenters. The standard InChI is InChI=1S/C13H26N4O/c1-5-7-17(10-13(3,4)9-14)8-12-15-11(6-2)16-18-12/h5-10,14H2,1-4H3. The Morgan fingerprint density at radius 3 is 2.56 bits per heavy atom. The van der Waals surface area contributed by atoms with E-state index < -0.39 is 0 Å². The van der Waals surface area contributed by atoms with Gasteiger partial charge < -0.3 is 10.3 Å². The molecule has 5 heteroatoms. The fourth-order valence-electron chi connectivity index (χ4n) is 1.89. The first kappa shape index (κ1) is 15.1. The Balaban J connectivity index is 2.62. The molecule has 0 aliphatic carbocycles. The van der Waals surface area contributed by atoms with Crippen LogP contribution in [0.2, 0.25) is 0 Å². The van der Waals surface area contributed by atoms with E-state index in [-0.39, 0.29) is 5.41 Å². The number of nitrogens with two attached hydrogens (primary N) is 1. The van der Waals surface area contributed by atoms with Crippen LogP contribution < -0.4 is 5.73 Å². The van der Waals surface area contributed by atoms with Crippen LogP contribution in [-0.4, -0.2) is 34.7 Å². The summed E-state index contributed by atoms with van der Waals surface area (Å²) in [4.78, 5) is 6.69. The van der Waals surface area contributed by atoms with Gasteiger partial charge in [0.2, 0.25) is 5.89 Å². The van der Waals surface area contributed by atoms with E-state index in [2.05, 4.69) is 35.8 Å². The largest absolute Gasteiger partial charge is 0.338 e. The first-order valence-electron chi connectivity index (χ1n) is 6.74. The van der Waals surface area contributed by atoms with Crippen molar-refractivity contribution in [2.75, 3.05) is 19.6 Å². The van der Waals surface area contributed by atoms with Gasteiger partial charge in [0, 0.05) is 13.0 Å². The van der Waals surface area contributed by atoms with Gasteiger partial charge in [-0.2, -0.15) is 4.98 Å². The molecule has 2 N–H and O–H groups in total. The molecule has 0 bridgehead atoms. The predicted molar refractivity (Wildman–Crippen MR) is 72.1 cm³/mol. The summed E-state index contributed by atoms with van der Waals surface area (Å²) < 4.78 is 5.25. The fraction of sp³-hybridized carbons (Fsp3) is 0.846. The van der Waals surface area contributed by atoms with Crippen LogP contribution in [0.1, 0.15) is 45.8 Å². The van der Waals surface area contributed by atoms with Crippen molar-refractivity contribution in [1.82, 2.24) is 15.0 Å². The molecule has 1 aromatic heterocycles. The van der Waals surface area contributed by atoms with Crippen LogP contribution in [0.3, 0.4) is 0 Å². The molecule has 0 aromatic carbocycles. The highest BCUT2D eigenvalue weighted by Crippen LogP contribution is 2.16. The van der Waals surface area contributed by atoms with Crippen LogP contribution in [0.15, 0.2) is 4.52 Å². The van der Waals surface area contributed by atoms with Crippen molar-refractivity contribution < 1.29 is 4.52 Å². The van der Waals surface area contributed by atoms with Crippen LogP contribution in [-0.2, 0) is 13.0 Å². The van der Waals surface area contributed by atoms with E-state index in [4.69, 9.17) is 10.3 Å². The van der Waals surface area contributed by atoms with Crippen molar-refractivity contribution in [3.8, 4) is 0 Å². The molecule has 0 spiro atoms. The molecular formula is C13H26N4O. The molecule has 0 radical (unpaired) electrons. The van der Waals surface area contributed by atoms with Gasteiger partial charge in [0.05, 0.1) is 6.54 Å². The molecule has 0 atom stereocenters. The second-order valence-electron chi connectivity index (χ2n) is 5.54. The monoisotopic (exact) mass is 254 g/mol. The minimum Gasteiger partial charge on any atom is -0.338 e. The van der Waals surface area contributed by atoms with Crippen LogP contribution in [0.25, 0.3) is 0 Å². The molecule has 18 heavy (non-hydrogen) atoms. The number of hydrogen-bond acceptors (Lipinski definition) is 5. The SMILES string of the molecule is CCCN(Cc1nc(CC)no1)CC(C)(C)CN. The third-order valence-corrected chi connectivity index (χ3v) is 2.93. The molecule has 104 valence electrons. The molecule has 0 amide bonds. The summed E-state index contributed by atoms with van der Waals surface area (Å²) in [6.45, 7) is 11.9.